The van der Waals surface area contributed by atoms with Crippen LogP contribution in [0, 0.1) is 6.07 Å². The van der Waals surface area contributed by atoms with Crippen LogP contribution in [0.1, 0.15) is 26.3 Å². The van der Waals surface area contributed by atoms with Crippen molar-refractivity contribution >= 4 is 22.6 Å². The van der Waals surface area contributed by atoms with Crippen molar-refractivity contribution in [3.8, 4) is 11.4 Å². The van der Waals surface area contributed by atoms with E-state index in [2.05, 4.69) is 16.3 Å². The second-order valence-corrected chi connectivity index (χ2v) is 6.41. The molecule has 0 spiro atoms. The number of aromatic hydroxyl groups is 1. The fourth-order valence-corrected chi connectivity index (χ4v) is 2.36. The summed E-state index contributed by atoms with van der Waals surface area (Å²) >= 11 is 5.96. The summed E-state index contributed by atoms with van der Waals surface area (Å²) in [7, 11) is 0. The summed E-state index contributed by atoms with van der Waals surface area (Å²) < 4.78 is 0. The molecular formula is C16H15ClN3O. The van der Waals surface area contributed by atoms with Gasteiger partial charge < -0.3 is 5.11 Å². The number of fused-ring (bicyclic) bond motifs is 1. The highest BCUT2D eigenvalue weighted by Crippen LogP contribution is 2.34. The van der Waals surface area contributed by atoms with Crippen molar-refractivity contribution in [1.29, 1.82) is 0 Å². The minimum atomic E-state index is -0.188. The van der Waals surface area contributed by atoms with Gasteiger partial charge in [-0.2, -0.15) is 0 Å². The third-order valence-corrected chi connectivity index (χ3v) is 3.55. The van der Waals surface area contributed by atoms with Crippen molar-refractivity contribution in [2.45, 2.75) is 26.2 Å². The molecule has 1 N–H and O–H groups in total. The molecule has 21 heavy (non-hydrogen) atoms. The summed E-state index contributed by atoms with van der Waals surface area (Å²) in [5.74, 6) is 0.174. The lowest BCUT2D eigenvalue weighted by molar-refractivity contribution is 0.440. The molecular weight excluding hydrogens is 286 g/mol. The summed E-state index contributed by atoms with van der Waals surface area (Å²) in [4.78, 5) is 1.42. The third-order valence-electron chi connectivity index (χ3n) is 3.31. The van der Waals surface area contributed by atoms with Crippen LogP contribution in [0.15, 0.2) is 30.3 Å². The van der Waals surface area contributed by atoms with Gasteiger partial charge in [0.2, 0.25) is 0 Å². The van der Waals surface area contributed by atoms with Gasteiger partial charge >= 0.3 is 0 Å². The molecule has 107 valence electrons. The number of rotatable bonds is 1. The van der Waals surface area contributed by atoms with E-state index in [1.807, 2.05) is 20.8 Å². The maximum absolute atomic E-state index is 10.5. The molecule has 0 unspecified atom stereocenters. The SMILES string of the molecule is CC(C)(C)c1c[c]cc(-n2nc3ccc(Cl)cc3n2)c1O. The number of hydrogen-bond acceptors (Lipinski definition) is 3. The number of aromatic nitrogens is 3. The lowest BCUT2D eigenvalue weighted by Crippen LogP contribution is -2.12. The Morgan fingerprint density at radius 3 is 2.57 bits per heavy atom. The highest BCUT2D eigenvalue weighted by molar-refractivity contribution is 6.31. The van der Waals surface area contributed by atoms with E-state index < -0.39 is 0 Å². The molecule has 1 heterocycles. The zero-order valence-electron chi connectivity index (χ0n) is 12.1. The average molecular weight is 301 g/mol. The van der Waals surface area contributed by atoms with Crippen molar-refractivity contribution in [3.05, 3.63) is 47.0 Å². The van der Waals surface area contributed by atoms with Crippen molar-refractivity contribution < 1.29 is 5.11 Å². The number of phenols is 1. The molecule has 2 aromatic carbocycles. The lowest BCUT2D eigenvalue weighted by atomic mass is 9.86. The summed E-state index contributed by atoms with van der Waals surface area (Å²) in [5, 5.41) is 19.9. The third kappa shape index (κ3) is 2.47. The summed E-state index contributed by atoms with van der Waals surface area (Å²) in [6.07, 6.45) is 0. The van der Waals surface area contributed by atoms with E-state index >= 15 is 0 Å². The predicted molar refractivity (Wildman–Crippen MR) is 83.1 cm³/mol. The highest BCUT2D eigenvalue weighted by Gasteiger charge is 2.21. The molecule has 0 atom stereocenters. The van der Waals surface area contributed by atoms with Crippen LogP contribution in [-0.4, -0.2) is 20.1 Å². The average Bonchev–Trinajstić information content (AvgIpc) is 2.80. The smallest absolute Gasteiger partial charge is 0.146 e. The van der Waals surface area contributed by atoms with Crippen molar-refractivity contribution in [3.63, 3.8) is 0 Å². The molecule has 3 rings (SSSR count). The largest absolute Gasteiger partial charge is 0.505 e. The molecule has 1 aromatic heterocycles. The van der Waals surface area contributed by atoms with E-state index in [-0.39, 0.29) is 11.2 Å². The summed E-state index contributed by atoms with van der Waals surface area (Å²) in [5.41, 5.74) is 2.53. The van der Waals surface area contributed by atoms with E-state index in [4.69, 9.17) is 11.6 Å². The normalized spacial score (nSPS) is 12.0. The molecule has 0 saturated carbocycles. The van der Waals surface area contributed by atoms with E-state index in [0.29, 0.717) is 16.2 Å². The van der Waals surface area contributed by atoms with E-state index in [9.17, 15) is 5.11 Å². The lowest BCUT2D eigenvalue weighted by Gasteiger charge is -2.21. The molecule has 3 aromatic rings. The van der Waals surface area contributed by atoms with E-state index in [1.54, 1.807) is 30.3 Å². The first kappa shape index (κ1) is 13.9. The van der Waals surface area contributed by atoms with Gasteiger partial charge in [0, 0.05) is 10.6 Å². The minimum Gasteiger partial charge on any atom is -0.505 e. The zero-order valence-corrected chi connectivity index (χ0v) is 12.8. The van der Waals surface area contributed by atoms with E-state index in [0.717, 1.165) is 11.1 Å². The van der Waals surface area contributed by atoms with Crippen LogP contribution >= 0.6 is 11.6 Å². The molecule has 1 radical (unpaired) electrons. The molecule has 5 heteroatoms. The fraction of sp³-hybridized carbons (Fsp3) is 0.250. The molecule has 0 amide bonds. The van der Waals surface area contributed by atoms with Gasteiger partial charge in [0.05, 0.1) is 0 Å². The summed E-state index contributed by atoms with van der Waals surface area (Å²) in [6, 6.07) is 11.8. The minimum absolute atomic E-state index is 0.174. The molecule has 0 fully saturated rings. The first-order valence-corrected chi connectivity index (χ1v) is 7.00. The number of benzene rings is 2. The quantitative estimate of drug-likeness (QED) is 0.742. The monoisotopic (exact) mass is 300 g/mol. The maximum Gasteiger partial charge on any atom is 0.146 e. The van der Waals surface area contributed by atoms with Crippen LogP contribution in [0.3, 0.4) is 0 Å². The molecule has 0 bridgehead atoms. The Hall–Kier alpha value is -2.07. The van der Waals surface area contributed by atoms with Gasteiger partial charge in [-0.15, -0.1) is 15.0 Å². The molecule has 0 aliphatic rings. The summed E-state index contributed by atoms with van der Waals surface area (Å²) in [6.45, 7) is 6.10. The van der Waals surface area contributed by atoms with Crippen molar-refractivity contribution in [2.24, 2.45) is 0 Å². The van der Waals surface area contributed by atoms with Gasteiger partial charge in [0.15, 0.2) is 0 Å². The Morgan fingerprint density at radius 1 is 1.14 bits per heavy atom. The highest BCUT2D eigenvalue weighted by atomic mass is 35.5. The van der Waals surface area contributed by atoms with Crippen molar-refractivity contribution in [1.82, 2.24) is 15.0 Å². The van der Waals surface area contributed by atoms with E-state index in [1.165, 1.54) is 4.80 Å². The van der Waals surface area contributed by atoms with Crippen LogP contribution in [0.5, 0.6) is 5.75 Å². The predicted octanol–water partition coefficient (Wildman–Crippen LogP) is 3.88. The standard InChI is InChI=1S/C16H15ClN3O/c1-16(2,3)11-5-4-6-14(15(11)21)20-18-12-8-7-10(17)9-13(12)19-20/h5-9,21H,1-3H3. The Balaban J connectivity index is 2.19. The Bertz CT molecular complexity index is 818. The van der Waals surface area contributed by atoms with Crippen LogP contribution in [0.4, 0.5) is 0 Å². The number of hydrogen-bond donors (Lipinski definition) is 1. The number of halogens is 1. The Kier molecular flexibility index (Phi) is 3.14. The maximum atomic E-state index is 10.5. The van der Waals surface area contributed by atoms with Crippen LogP contribution in [0.2, 0.25) is 5.02 Å². The van der Waals surface area contributed by atoms with Crippen molar-refractivity contribution in [2.75, 3.05) is 0 Å². The molecule has 0 saturated heterocycles. The van der Waals surface area contributed by atoms with Crippen LogP contribution in [0.25, 0.3) is 16.7 Å². The number of phenolic OH excluding ortho intramolecular Hbond substituents is 1. The first-order chi connectivity index (χ1) is 9.86. The van der Waals surface area contributed by atoms with Gasteiger partial charge in [-0.1, -0.05) is 32.4 Å². The van der Waals surface area contributed by atoms with Gasteiger partial charge in [-0.05, 0) is 41.8 Å². The van der Waals surface area contributed by atoms with Crippen LogP contribution < -0.4 is 0 Å². The van der Waals surface area contributed by atoms with Gasteiger partial charge in [-0.3, -0.25) is 0 Å². The van der Waals surface area contributed by atoms with Gasteiger partial charge in [-0.25, -0.2) is 0 Å². The second kappa shape index (κ2) is 4.74. The second-order valence-electron chi connectivity index (χ2n) is 5.98. The van der Waals surface area contributed by atoms with Crippen LogP contribution in [-0.2, 0) is 5.41 Å². The molecule has 4 nitrogen and oxygen atoms in total. The Morgan fingerprint density at radius 2 is 1.86 bits per heavy atom. The van der Waals surface area contributed by atoms with Gasteiger partial charge in [0.1, 0.15) is 22.5 Å². The fourth-order valence-electron chi connectivity index (χ4n) is 2.20. The molecule has 0 aliphatic heterocycles. The molecule has 0 aliphatic carbocycles. The zero-order chi connectivity index (χ0) is 15.2. The first-order valence-electron chi connectivity index (χ1n) is 6.63. The topological polar surface area (TPSA) is 50.9 Å². The number of nitrogens with zero attached hydrogens (tertiary/aromatic N) is 3. The Labute approximate surface area is 128 Å². The van der Waals surface area contributed by atoms with Gasteiger partial charge in [0.25, 0.3) is 0 Å².